The summed E-state index contributed by atoms with van der Waals surface area (Å²) in [5.74, 6) is 0. The van der Waals surface area contributed by atoms with E-state index in [4.69, 9.17) is 4.74 Å². The van der Waals surface area contributed by atoms with Crippen LogP contribution in [0.15, 0.2) is 60.7 Å². The second kappa shape index (κ2) is 9.07. The molecule has 1 unspecified atom stereocenters. The van der Waals surface area contributed by atoms with Crippen molar-refractivity contribution in [1.29, 1.82) is 0 Å². The molecule has 3 nitrogen and oxygen atoms in total. The lowest BCUT2D eigenvalue weighted by atomic mass is 9.75. The summed E-state index contributed by atoms with van der Waals surface area (Å²) in [6, 6.07) is 20.5. The molecule has 1 amide bonds. The SMILES string of the molecule is CCN(CC)C(=O)OC(Cc1ccccc1)(CC(C)(C)C)c1ccccc1. The van der Waals surface area contributed by atoms with Crippen molar-refractivity contribution in [3.05, 3.63) is 71.8 Å². The number of hydrogen-bond donors (Lipinski definition) is 0. The Kier molecular flexibility index (Phi) is 7.06. The van der Waals surface area contributed by atoms with Crippen molar-refractivity contribution < 1.29 is 9.53 Å². The van der Waals surface area contributed by atoms with E-state index in [9.17, 15) is 4.79 Å². The quantitative estimate of drug-likeness (QED) is 0.597. The summed E-state index contributed by atoms with van der Waals surface area (Å²) >= 11 is 0. The molecule has 0 aromatic heterocycles. The normalized spacial score (nSPS) is 13.7. The maximum atomic E-state index is 13.0. The van der Waals surface area contributed by atoms with Crippen molar-refractivity contribution in [3.63, 3.8) is 0 Å². The van der Waals surface area contributed by atoms with E-state index in [1.807, 2.05) is 50.2 Å². The fourth-order valence-corrected chi connectivity index (χ4v) is 3.64. The highest BCUT2D eigenvalue weighted by Crippen LogP contribution is 2.41. The first kappa shape index (κ1) is 21.0. The molecule has 27 heavy (non-hydrogen) atoms. The van der Waals surface area contributed by atoms with E-state index in [0.717, 1.165) is 17.5 Å². The number of carbonyl (C=O) groups is 1. The van der Waals surface area contributed by atoms with Gasteiger partial charge >= 0.3 is 6.09 Å². The highest BCUT2D eigenvalue weighted by atomic mass is 16.6. The summed E-state index contributed by atoms with van der Waals surface area (Å²) in [4.78, 5) is 14.7. The minimum Gasteiger partial charge on any atom is -0.438 e. The maximum absolute atomic E-state index is 13.0. The van der Waals surface area contributed by atoms with Crippen LogP contribution in [0.1, 0.15) is 52.2 Å². The molecule has 0 N–H and O–H groups in total. The molecule has 3 heteroatoms. The summed E-state index contributed by atoms with van der Waals surface area (Å²) in [6.07, 6.45) is 1.15. The highest BCUT2D eigenvalue weighted by Gasteiger charge is 2.41. The number of ether oxygens (including phenoxy) is 1. The summed E-state index contributed by atoms with van der Waals surface area (Å²) < 4.78 is 6.34. The van der Waals surface area contributed by atoms with Gasteiger partial charge in [-0.05, 0) is 36.8 Å². The van der Waals surface area contributed by atoms with E-state index in [0.29, 0.717) is 19.5 Å². The molecule has 0 saturated heterocycles. The zero-order valence-corrected chi connectivity index (χ0v) is 17.4. The van der Waals surface area contributed by atoms with Gasteiger partial charge in [0.2, 0.25) is 0 Å². The van der Waals surface area contributed by atoms with Gasteiger partial charge in [0.05, 0.1) is 0 Å². The molecule has 0 radical (unpaired) electrons. The van der Waals surface area contributed by atoms with Crippen LogP contribution in [0.5, 0.6) is 0 Å². The van der Waals surface area contributed by atoms with Crippen molar-refractivity contribution in [2.24, 2.45) is 5.41 Å². The number of hydrogen-bond acceptors (Lipinski definition) is 2. The van der Waals surface area contributed by atoms with Gasteiger partial charge in [-0.25, -0.2) is 4.79 Å². The predicted molar refractivity (Wildman–Crippen MR) is 112 cm³/mol. The zero-order chi connectivity index (χ0) is 19.9. The monoisotopic (exact) mass is 367 g/mol. The van der Waals surface area contributed by atoms with Gasteiger partial charge in [-0.15, -0.1) is 0 Å². The van der Waals surface area contributed by atoms with Crippen LogP contribution < -0.4 is 0 Å². The Morgan fingerprint density at radius 3 is 1.89 bits per heavy atom. The van der Waals surface area contributed by atoms with Crippen LogP contribution in [0.25, 0.3) is 0 Å². The molecular formula is C24H33NO2. The molecule has 0 bridgehead atoms. The minimum atomic E-state index is -0.708. The van der Waals surface area contributed by atoms with Crippen molar-refractivity contribution in [2.45, 2.75) is 53.1 Å². The van der Waals surface area contributed by atoms with Gasteiger partial charge in [-0.3, -0.25) is 0 Å². The van der Waals surface area contributed by atoms with Crippen LogP contribution in [0.2, 0.25) is 0 Å². The first-order chi connectivity index (χ1) is 12.8. The van der Waals surface area contributed by atoms with Gasteiger partial charge in [-0.1, -0.05) is 81.4 Å². The number of carbonyl (C=O) groups excluding carboxylic acids is 1. The molecule has 0 spiro atoms. The Hall–Kier alpha value is -2.29. The van der Waals surface area contributed by atoms with Gasteiger partial charge < -0.3 is 9.64 Å². The lowest BCUT2D eigenvalue weighted by molar-refractivity contribution is -0.0379. The second-order valence-electron chi connectivity index (χ2n) is 8.30. The van der Waals surface area contributed by atoms with Crippen LogP contribution in [0.3, 0.4) is 0 Å². The van der Waals surface area contributed by atoms with Crippen molar-refractivity contribution >= 4 is 6.09 Å². The Morgan fingerprint density at radius 1 is 0.889 bits per heavy atom. The van der Waals surface area contributed by atoms with E-state index < -0.39 is 5.60 Å². The molecule has 0 saturated carbocycles. The van der Waals surface area contributed by atoms with Crippen LogP contribution in [-0.2, 0) is 16.8 Å². The topological polar surface area (TPSA) is 29.5 Å². The van der Waals surface area contributed by atoms with Crippen molar-refractivity contribution in [1.82, 2.24) is 4.90 Å². The first-order valence-corrected chi connectivity index (χ1v) is 9.87. The first-order valence-electron chi connectivity index (χ1n) is 9.87. The molecule has 0 aliphatic carbocycles. The summed E-state index contributed by atoms with van der Waals surface area (Å²) in [7, 11) is 0. The third kappa shape index (κ3) is 5.85. The van der Waals surface area contributed by atoms with Gasteiger partial charge in [-0.2, -0.15) is 0 Å². The van der Waals surface area contributed by atoms with Gasteiger partial charge in [0, 0.05) is 19.5 Å². The molecule has 2 rings (SSSR count). The molecule has 2 aromatic carbocycles. The van der Waals surface area contributed by atoms with Crippen molar-refractivity contribution in [2.75, 3.05) is 13.1 Å². The van der Waals surface area contributed by atoms with Crippen molar-refractivity contribution in [3.8, 4) is 0 Å². The maximum Gasteiger partial charge on any atom is 0.410 e. The van der Waals surface area contributed by atoms with E-state index in [1.54, 1.807) is 4.90 Å². The van der Waals surface area contributed by atoms with Crippen LogP contribution in [0.4, 0.5) is 4.79 Å². The van der Waals surface area contributed by atoms with E-state index in [2.05, 4.69) is 45.0 Å². The molecule has 2 aromatic rings. The molecule has 146 valence electrons. The smallest absolute Gasteiger partial charge is 0.410 e. The second-order valence-corrected chi connectivity index (χ2v) is 8.30. The molecular weight excluding hydrogens is 334 g/mol. The molecule has 0 fully saturated rings. The number of amides is 1. The zero-order valence-electron chi connectivity index (χ0n) is 17.4. The number of rotatable bonds is 7. The Bertz CT molecular complexity index is 702. The third-order valence-corrected chi connectivity index (χ3v) is 4.75. The number of nitrogens with zero attached hydrogens (tertiary/aromatic N) is 1. The van der Waals surface area contributed by atoms with E-state index in [1.165, 1.54) is 0 Å². The average Bonchev–Trinajstić information content (AvgIpc) is 2.63. The predicted octanol–water partition coefficient (Wildman–Crippen LogP) is 6.04. The number of benzene rings is 2. The molecule has 1 atom stereocenters. The fraction of sp³-hybridized carbons (Fsp3) is 0.458. The molecule has 0 heterocycles. The van der Waals surface area contributed by atoms with Gasteiger partial charge in [0.1, 0.15) is 5.60 Å². The van der Waals surface area contributed by atoms with E-state index in [-0.39, 0.29) is 11.5 Å². The van der Waals surface area contributed by atoms with E-state index >= 15 is 0 Å². The molecule has 0 aliphatic rings. The molecule has 0 aliphatic heterocycles. The third-order valence-electron chi connectivity index (χ3n) is 4.75. The standard InChI is InChI=1S/C24H33NO2/c1-6-25(7-2)22(26)27-24(19-23(3,4)5,21-16-12-9-13-17-21)18-20-14-10-8-11-15-20/h8-17H,6-7,18-19H2,1-5H3. The summed E-state index contributed by atoms with van der Waals surface area (Å²) in [5.41, 5.74) is 1.50. The largest absolute Gasteiger partial charge is 0.438 e. The van der Waals surface area contributed by atoms with Crippen LogP contribution in [-0.4, -0.2) is 24.1 Å². The van der Waals surface area contributed by atoms with Crippen LogP contribution >= 0.6 is 0 Å². The fourth-order valence-electron chi connectivity index (χ4n) is 3.64. The lowest BCUT2D eigenvalue weighted by Gasteiger charge is -2.40. The Labute approximate surface area is 164 Å². The summed E-state index contributed by atoms with van der Waals surface area (Å²) in [5, 5.41) is 0. The lowest BCUT2D eigenvalue weighted by Crippen LogP contribution is -2.43. The van der Waals surface area contributed by atoms with Crippen LogP contribution in [0, 0.1) is 5.41 Å². The average molecular weight is 368 g/mol. The summed E-state index contributed by atoms with van der Waals surface area (Å²) in [6.45, 7) is 11.8. The van der Waals surface area contributed by atoms with Gasteiger partial charge in [0.25, 0.3) is 0 Å². The van der Waals surface area contributed by atoms with Gasteiger partial charge in [0.15, 0.2) is 0 Å². The highest BCUT2D eigenvalue weighted by molar-refractivity contribution is 5.68. The minimum absolute atomic E-state index is 0.00579. The Balaban J connectivity index is 2.52. The Morgan fingerprint density at radius 2 is 1.41 bits per heavy atom.